The monoisotopic (exact) mass is 490 g/mol. The first-order chi connectivity index (χ1) is 16.9. The number of rotatable bonds is 7. The van der Waals surface area contributed by atoms with Crippen LogP contribution in [-0.4, -0.2) is 28.9 Å². The molecule has 2 aromatic carbocycles. The number of aliphatic hydroxyl groups is 1. The van der Waals surface area contributed by atoms with Gasteiger partial charge in [-0.1, -0.05) is 43.1 Å². The minimum Gasteiger partial charge on any atom is -0.507 e. The van der Waals surface area contributed by atoms with Crippen LogP contribution < -0.4 is 9.64 Å². The Morgan fingerprint density at radius 2 is 1.89 bits per heavy atom. The topological polar surface area (TPSA) is 79.7 Å². The summed E-state index contributed by atoms with van der Waals surface area (Å²) in [5, 5.41) is 11.7. The van der Waals surface area contributed by atoms with Gasteiger partial charge in [-0.25, -0.2) is 0 Å². The number of aromatic nitrogens is 1. The number of hydrogen-bond acceptors (Lipinski definition) is 5. The molecule has 1 saturated heterocycles. The SMILES string of the molecule is CCCCc1ccc(N2C(=O)C(=O)/C(=C(/O)c3cc(C)cc(Cl)c3OC)C2c2ccccn2)cc1. The Bertz CT molecular complexity index is 1290. The number of carbonyl (C=O) groups is 2. The van der Waals surface area contributed by atoms with Crippen molar-refractivity contribution in [1.29, 1.82) is 0 Å². The van der Waals surface area contributed by atoms with Crippen molar-refractivity contribution in [2.24, 2.45) is 0 Å². The van der Waals surface area contributed by atoms with E-state index in [9.17, 15) is 14.7 Å². The number of methoxy groups -OCH3 is 1. The van der Waals surface area contributed by atoms with Crippen LogP contribution in [0.4, 0.5) is 5.69 Å². The minimum absolute atomic E-state index is 0.0660. The molecule has 6 nitrogen and oxygen atoms in total. The van der Waals surface area contributed by atoms with E-state index in [2.05, 4.69) is 11.9 Å². The van der Waals surface area contributed by atoms with E-state index < -0.39 is 17.7 Å². The van der Waals surface area contributed by atoms with Gasteiger partial charge in [-0.2, -0.15) is 0 Å². The second kappa shape index (κ2) is 10.3. The number of aliphatic hydroxyl groups excluding tert-OH is 1. The Morgan fingerprint density at radius 1 is 1.14 bits per heavy atom. The quantitative estimate of drug-likeness (QED) is 0.249. The van der Waals surface area contributed by atoms with Gasteiger partial charge in [0.15, 0.2) is 0 Å². The summed E-state index contributed by atoms with van der Waals surface area (Å²) < 4.78 is 5.42. The summed E-state index contributed by atoms with van der Waals surface area (Å²) in [6.45, 7) is 3.95. The molecule has 0 aliphatic carbocycles. The lowest BCUT2D eigenvalue weighted by Crippen LogP contribution is -2.29. The van der Waals surface area contributed by atoms with E-state index in [0.29, 0.717) is 16.4 Å². The first-order valence-corrected chi connectivity index (χ1v) is 11.9. The number of ether oxygens (including phenoxy) is 1. The van der Waals surface area contributed by atoms with E-state index in [1.165, 1.54) is 12.0 Å². The molecule has 3 aromatic rings. The molecule has 7 heteroatoms. The average Bonchev–Trinajstić information content (AvgIpc) is 3.13. The molecule has 0 bridgehead atoms. The molecule has 1 amide bonds. The van der Waals surface area contributed by atoms with Crippen LogP contribution in [0.5, 0.6) is 5.75 Å². The molecule has 1 aliphatic rings. The van der Waals surface area contributed by atoms with Gasteiger partial charge in [0.2, 0.25) is 0 Å². The van der Waals surface area contributed by atoms with Crippen molar-refractivity contribution in [2.45, 2.75) is 39.2 Å². The maximum atomic E-state index is 13.4. The predicted octanol–water partition coefficient (Wildman–Crippen LogP) is 6.02. The van der Waals surface area contributed by atoms with Gasteiger partial charge in [0, 0.05) is 11.9 Å². The predicted molar refractivity (Wildman–Crippen MR) is 137 cm³/mol. The van der Waals surface area contributed by atoms with Crippen molar-refractivity contribution in [3.63, 3.8) is 0 Å². The molecule has 1 fully saturated rings. The molecule has 1 atom stereocenters. The summed E-state index contributed by atoms with van der Waals surface area (Å²) in [6.07, 6.45) is 4.68. The van der Waals surface area contributed by atoms with Crippen molar-refractivity contribution < 1.29 is 19.4 Å². The van der Waals surface area contributed by atoms with Crippen LogP contribution in [0.25, 0.3) is 5.76 Å². The number of halogens is 1. The number of benzene rings is 2. The van der Waals surface area contributed by atoms with Crippen LogP contribution in [0.3, 0.4) is 0 Å². The molecule has 1 aliphatic heterocycles. The highest BCUT2D eigenvalue weighted by atomic mass is 35.5. The third-order valence-corrected chi connectivity index (χ3v) is 6.37. The molecule has 0 radical (unpaired) electrons. The molecule has 0 spiro atoms. The summed E-state index contributed by atoms with van der Waals surface area (Å²) in [7, 11) is 1.43. The van der Waals surface area contributed by atoms with Crippen LogP contribution in [0.1, 0.15) is 48.2 Å². The second-order valence-corrected chi connectivity index (χ2v) is 8.93. The molecule has 2 heterocycles. The highest BCUT2D eigenvalue weighted by molar-refractivity contribution is 6.51. The maximum absolute atomic E-state index is 13.4. The van der Waals surface area contributed by atoms with E-state index in [0.717, 1.165) is 30.4 Å². The van der Waals surface area contributed by atoms with Crippen LogP contribution in [0, 0.1) is 6.92 Å². The Hall–Kier alpha value is -3.64. The van der Waals surface area contributed by atoms with E-state index in [1.807, 2.05) is 31.2 Å². The maximum Gasteiger partial charge on any atom is 0.300 e. The summed E-state index contributed by atoms with van der Waals surface area (Å²) >= 11 is 6.35. The van der Waals surface area contributed by atoms with E-state index >= 15 is 0 Å². The van der Waals surface area contributed by atoms with Crippen molar-refractivity contribution in [1.82, 2.24) is 4.98 Å². The summed E-state index contributed by atoms with van der Waals surface area (Å²) in [5.74, 6) is -1.67. The van der Waals surface area contributed by atoms with Crippen molar-refractivity contribution in [3.8, 4) is 5.75 Å². The molecular formula is C28H27ClN2O4. The number of amides is 1. The van der Waals surface area contributed by atoms with Gasteiger partial charge in [0.05, 0.1) is 29.0 Å². The third kappa shape index (κ3) is 4.66. The van der Waals surface area contributed by atoms with Gasteiger partial charge < -0.3 is 9.84 Å². The number of carbonyl (C=O) groups excluding carboxylic acids is 2. The lowest BCUT2D eigenvalue weighted by atomic mass is 9.97. The minimum atomic E-state index is -0.915. The average molecular weight is 491 g/mol. The summed E-state index contributed by atoms with van der Waals surface area (Å²) in [4.78, 5) is 32.5. The van der Waals surface area contributed by atoms with Gasteiger partial charge in [-0.15, -0.1) is 0 Å². The number of aryl methyl sites for hydroxylation is 2. The van der Waals surface area contributed by atoms with E-state index in [-0.39, 0.29) is 22.6 Å². The number of Topliss-reactive ketones (excluding diaryl/α,β-unsaturated/α-hetero) is 1. The Balaban J connectivity index is 1.90. The number of pyridine rings is 1. The Morgan fingerprint density at radius 3 is 2.51 bits per heavy atom. The van der Waals surface area contributed by atoms with Crippen LogP contribution >= 0.6 is 11.6 Å². The molecular weight excluding hydrogens is 464 g/mol. The highest BCUT2D eigenvalue weighted by Crippen LogP contribution is 2.44. The van der Waals surface area contributed by atoms with Gasteiger partial charge >= 0.3 is 0 Å². The first kappa shape index (κ1) is 24.5. The normalized spacial score (nSPS) is 17.1. The van der Waals surface area contributed by atoms with Crippen LogP contribution in [0.15, 0.2) is 66.4 Å². The fourth-order valence-corrected chi connectivity index (χ4v) is 4.73. The largest absolute Gasteiger partial charge is 0.507 e. The zero-order valence-electron chi connectivity index (χ0n) is 19.9. The zero-order valence-corrected chi connectivity index (χ0v) is 20.7. The number of unbranched alkanes of at least 4 members (excludes halogenated alkanes) is 1. The summed E-state index contributed by atoms with van der Waals surface area (Å²) in [6, 6.07) is 15.3. The number of nitrogens with zero attached hydrogens (tertiary/aromatic N) is 2. The number of anilines is 1. The standard InChI is InChI=1S/C28H27ClN2O4/c1-4-5-8-18-10-12-19(13-11-18)31-24(22-9-6-7-14-30-22)23(26(33)28(31)34)25(32)20-15-17(2)16-21(29)27(20)35-3/h6-7,9-16,24,32H,4-5,8H2,1-3H3/b25-23+. The van der Waals surface area contributed by atoms with Crippen LogP contribution in [-0.2, 0) is 16.0 Å². The number of ketones is 1. The molecule has 180 valence electrons. The second-order valence-electron chi connectivity index (χ2n) is 8.52. The fraction of sp³-hybridized carbons (Fsp3) is 0.250. The highest BCUT2D eigenvalue weighted by Gasteiger charge is 2.48. The number of hydrogen-bond donors (Lipinski definition) is 1. The van der Waals surface area contributed by atoms with Crippen molar-refractivity contribution >= 4 is 34.7 Å². The zero-order chi connectivity index (χ0) is 25.1. The third-order valence-electron chi connectivity index (χ3n) is 6.09. The molecule has 35 heavy (non-hydrogen) atoms. The fourth-order valence-electron chi connectivity index (χ4n) is 4.38. The Kier molecular flexibility index (Phi) is 7.22. The summed E-state index contributed by atoms with van der Waals surface area (Å²) in [5.41, 5.74) is 3.11. The van der Waals surface area contributed by atoms with Gasteiger partial charge in [0.25, 0.3) is 11.7 Å². The smallest absolute Gasteiger partial charge is 0.300 e. The molecule has 4 rings (SSSR count). The molecule has 1 unspecified atom stereocenters. The lowest BCUT2D eigenvalue weighted by molar-refractivity contribution is -0.132. The van der Waals surface area contributed by atoms with E-state index in [4.69, 9.17) is 16.3 Å². The lowest BCUT2D eigenvalue weighted by Gasteiger charge is -2.25. The van der Waals surface area contributed by atoms with Crippen molar-refractivity contribution in [3.05, 3.63) is 93.8 Å². The van der Waals surface area contributed by atoms with Crippen LogP contribution in [0.2, 0.25) is 5.02 Å². The van der Waals surface area contributed by atoms with Gasteiger partial charge in [0.1, 0.15) is 17.6 Å². The van der Waals surface area contributed by atoms with Crippen molar-refractivity contribution in [2.75, 3.05) is 12.0 Å². The Labute approximate surface area is 209 Å². The molecule has 1 aromatic heterocycles. The molecule has 0 saturated carbocycles. The molecule has 1 N–H and O–H groups in total. The van der Waals surface area contributed by atoms with Gasteiger partial charge in [-0.3, -0.25) is 19.5 Å². The van der Waals surface area contributed by atoms with Gasteiger partial charge in [-0.05, 0) is 67.3 Å². The first-order valence-electron chi connectivity index (χ1n) is 11.5. The van der Waals surface area contributed by atoms with E-state index in [1.54, 1.807) is 36.5 Å².